The van der Waals surface area contributed by atoms with Gasteiger partial charge in [0.1, 0.15) is 11.3 Å². The Morgan fingerprint density at radius 1 is 1.14 bits per heavy atom. The molecule has 3 rings (SSSR count). The van der Waals surface area contributed by atoms with Crippen LogP contribution >= 0.6 is 0 Å². The lowest BCUT2D eigenvalue weighted by Gasteiger charge is -2.21. The number of para-hydroxylation sites is 1. The smallest absolute Gasteiger partial charge is 0.347 e. The number of benzene rings is 2. The Kier molecular flexibility index (Phi) is 3.29. The Balaban J connectivity index is 1.90. The topological polar surface area (TPSA) is 77.2 Å². The van der Waals surface area contributed by atoms with E-state index in [2.05, 4.69) is 10.3 Å². The first kappa shape index (κ1) is 14.1. The molecule has 0 unspecified atom stereocenters. The van der Waals surface area contributed by atoms with E-state index in [0.29, 0.717) is 5.75 Å². The predicted octanol–water partition coefficient (Wildman–Crippen LogP) is 2.66. The van der Waals surface area contributed by atoms with Crippen LogP contribution in [0.5, 0.6) is 5.75 Å². The highest BCUT2D eigenvalue weighted by molar-refractivity contribution is 5.77. The summed E-state index contributed by atoms with van der Waals surface area (Å²) in [7, 11) is 0. The Morgan fingerprint density at radius 2 is 1.82 bits per heavy atom. The molecule has 1 N–H and O–H groups in total. The number of nitrogens with zero attached hydrogens (tertiary/aromatic N) is 3. The van der Waals surface area contributed by atoms with E-state index in [1.807, 2.05) is 36.4 Å². The van der Waals surface area contributed by atoms with Gasteiger partial charge in [-0.3, -0.25) is 0 Å². The summed E-state index contributed by atoms with van der Waals surface area (Å²) in [5.74, 6) is -0.528. The summed E-state index contributed by atoms with van der Waals surface area (Å²) in [6.45, 7) is 3.02. The lowest BCUT2D eigenvalue weighted by Crippen LogP contribution is -2.37. The monoisotopic (exact) mass is 297 g/mol. The van der Waals surface area contributed by atoms with Gasteiger partial charge >= 0.3 is 5.97 Å². The fourth-order valence-electron chi connectivity index (χ4n) is 2.05. The van der Waals surface area contributed by atoms with Gasteiger partial charge in [0.15, 0.2) is 5.60 Å². The van der Waals surface area contributed by atoms with Crippen molar-refractivity contribution in [1.82, 2.24) is 15.0 Å². The first-order chi connectivity index (χ1) is 10.5. The molecule has 3 aromatic rings. The number of fused-ring (bicyclic) bond motifs is 1. The van der Waals surface area contributed by atoms with Gasteiger partial charge in [-0.05, 0) is 50.2 Å². The molecular weight excluding hydrogens is 282 g/mol. The molecule has 6 heteroatoms. The molecule has 2 aromatic carbocycles. The van der Waals surface area contributed by atoms with Crippen LogP contribution in [0, 0.1) is 0 Å². The van der Waals surface area contributed by atoms with Crippen LogP contribution < -0.4 is 4.74 Å². The highest BCUT2D eigenvalue weighted by Crippen LogP contribution is 2.22. The van der Waals surface area contributed by atoms with Crippen molar-refractivity contribution in [2.24, 2.45) is 0 Å². The first-order valence-electron chi connectivity index (χ1n) is 6.81. The normalized spacial score (nSPS) is 11.5. The number of carboxylic acids is 1. The molecule has 22 heavy (non-hydrogen) atoms. The van der Waals surface area contributed by atoms with Crippen molar-refractivity contribution in [1.29, 1.82) is 0 Å². The second-order valence-electron chi connectivity index (χ2n) is 5.40. The number of aliphatic carboxylic acids is 1. The summed E-state index contributed by atoms with van der Waals surface area (Å²) in [6.07, 6.45) is 0. The molecule has 0 radical (unpaired) electrons. The molecule has 0 saturated carbocycles. The van der Waals surface area contributed by atoms with Crippen molar-refractivity contribution < 1.29 is 14.6 Å². The second-order valence-corrected chi connectivity index (χ2v) is 5.40. The number of carboxylic acid groups (broad SMARTS) is 1. The quantitative estimate of drug-likeness (QED) is 0.801. The average Bonchev–Trinajstić information content (AvgIpc) is 2.91. The molecule has 0 amide bonds. The van der Waals surface area contributed by atoms with Gasteiger partial charge < -0.3 is 9.84 Å². The first-order valence-corrected chi connectivity index (χ1v) is 6.81. The van der Waals surface area contributed by atoms with Crippen LogP contribution in [-0.4, -0.2) is 31.7 Å². The van der Waals surface area contributed by atoms with Crippen molar-refractivity contribution in [2.75, 3.05) is 0 Å². The van der Waals surface area contributed by atoms with Crippen LogP contribution in [0.25, 0.3) is 16.7 Å². The lowest BCUT2D eigenvalue weighted by molar-refractivity contribution is -0.152. The molecule has 0 aliphatic rings. The highest BCUT2D eigenvalue weighted by atomic mass is 16.5. The Labute approximate surface area is 126 Å². The third-order valence-corrected chi connectivity index (χ3v) is 3.32. The maximum Gasteiger partial charge on any atom is 0.347 e. The number of aromatic nitrogens is 3. The van der Waals surface area contributed by atoms with Crippen LogP contribution in [0.2, 0.25) is 0 Å². The Morgan fingerprint density at radius 3 is 2.50 bits per heavy atom. The number of hydrogen-bond acceptors (Lipinski definition) is 4. The van der Waals surface area contributed by atoms with Gasteiger partial charge in [0.05, 0.1) is 11.2 Å². The minimum absolute atomic E-state index is 0.487. The molecule has 6 nitrogen and oxygen atoms in total. The van der Waals surface area contributed by atoms with Gasteiger partial charge in [-0.15, -0.1) is 5.10 Å². The summed E-state index contributed by atoms with van der Waals surface area (Å²) < 4.78 is 7.20. The Hall–Kier alpha value is -2.89. The fraction of sp³-hybridized carbons (Fsp3) is 0.188. The molecule has 112 valence electrons. The van der Waals surface area contributed by atoms with E-state index in [0.717, 1.165) is 16.7 Å². The zero-order valence-electron chi connectivity index (χ0n) is 12.2. The standard InChI is InChI=1S/C16H15N3O3/c1-16(2,15(20)21)22-12-9-7-11(8-10-12)19-14-6-4-3-5-13(14)17-18-19/h3-10H,1-2H3,(H,20,21). The highest BCUT2D eigenvalue weighted by Gasteiger charge is 2.29. The molecule has 1 heterocycles. The number of carbonyl (C=O) groups is 1. The molecule has 1 aromatic heterocycles. The van der Waals surface area contributed by atoms with Crippen molar-refractivity contribution in [3.8, 4) is 11.4 Å². The van der Waals surface area contributed by atoms with Crippen LogP contribution in [-0.2, 0) is 4.79 Å². The van der Waals surface area contributed by atoms with Crippen LogP contribution in [0.3, 0.4) is 0 Å². The summed E-state index contributed by atoms with van der Waals surface area (Å²) >= 11 is 0. The summed E-state index contributed by atoms with van der Waals surface area (Å²) in [4.78, 5) is 11.1. The predicted molar refractivity (Wildman–Crippen MR) is 81.2 cm³/mol. The summed E-state index contributed by atoms with van der Waals surface area (Å²) in [5, 5.41) is 17.3. The van der Waals surface area contributed by atoms with Crippen molar-refractivity contribution in [2.45, 2.75) is 19.4 Å². The zero-order chi connectivity index (χ0) is 15.7. The minimum Gasteiger partial charge on any atom is -0.478 e. The van der Waals surface area contributed by atoms with Crippen LogP contribution in [0.15, 0.2) is 48.5 Å². The Bertz CT molecular complexity index is 822. The minimum atomic E-state index is -1.28. The summed E-state index contributed by atoms with van der Waals surface area (Å²) in [5.41, 5.74) is 1.27. The molecule has 0 fully saturated rings. The maximum atomic E-state index is 11.1. The largest absolute Gasteiger partial charge is 0.478 e. The molecular formula is C16H15N3O3. The maximum absolute atomic E-state index is 11.1. The van der Waals surface area contributed by atoms with Gasteiger partial charge in [-0.2, -0.15) is 0 Å². The van der Waals surface area contributed by atoms with E-state index in [1.54, 1.807) is 16.8 Å². The summed E-state index contributed by atoms with van der Waals surface area (Å²) in [6, 6.07) is 14.7. The molecule has 0 atom stereocenters. The van der Waals surface area contributed by atoms with Crippen LogP contribution in [0.4, 0.5) is 0 Å². The number of hydrogen-bond donors (Lipinski definition) is 1. The number of rotatable bonds is 4. The van der Waals surface area contributed by atoms with Gasteiger partial charge in [0.2, 0.25) is 0 Å². The third kappa shape index (κ3) is 2.50. The second kappa shape index (κ2) is 5.14. The SMILES string of the molecule is CC(C)(Oc1ccc(-n2nnc3ccccc32)cc1)C(=O)O. The van der Waals surface area contributed by atoms with Gasteiger partial charge in [-0.1, -0.05) is 17.3 Å². The molecule has 0 saturated heterocycles. The molecule has 0 aliphatic heterocycles. The molecule has 0 aliphatic carbocycles. The van der Waals surface area contributed by atoms with E-state index in [-0.39, 0.29) is 0 Å². The van der Waals surface area contributed by atoms with Crippen molar-refractivity contribution in [3.05, 3.63) is 48.5 Å². The molecule has 0 spiro atoms. The fourth-order valence-corrected chi connectivity index (χ4v) is 2.05. The van der Waals surface area contributed by atoms with Crippen molar-refractivity contribution in [3.63, 3.8) is 0 Å². The van der Waals surface area contributed by atoms with Crippen LogP contribution in [0.1, 0.15) is 13.8 Å². The van der Waals surface area contributed by atoms with Gasteiger partial charge in [0.25, 0.3) is 0 Å². The van der Waals surface area contributed by atoms with E-state index >= 15 is 0 Å². The number of ether oxygens (including phenoxy) is 1. The lowest BCUT2D eigenvalue weighted by atomic mass is 10.1. The van der Waals surface area contributed by atoms with Gasteiger partial charge in [-0.25, -0.2) is 9.48 Å². The van der Waals surface area contributed by atoms with E-state index in [1.165, 1.54) is 13.8 Å². The van der Waals surface area contributed by atoms with E-state index in [4.69, 9.17) is 9.84 Å². The van der Waals surface area contributed by atoms with Gasteiger partial charge in [0, 0.05) is 0 Å². The third-order valence-electron chi connectivity index (χ3n) is 3.32. The average molecular weight is 297 g/mol. The zero-order valence-corrected chi connectivity index (χ0v) is 12.2. The molecule has 0 bridgehead atoms. The van der Waals surface area contributed by atoms with Crippen molar-refractivity contribution >= 4 is 17.0 Å². The van der Waals surface area contributed by atoms with E-state index < -0.39 is 11.6 Å². The van der Waals surface area contributed by atoms with E-state index in [9.17, 15) is 4.79 Å².